The van der Waals surface area contributed by atoms with Crippen molar-refractivity contribution in [3.63, 3.8) is 0 Å². The van der Waals surface area contributed by atoms with Crippen molar-refractivity contribution >= 4 is 28.1 Å². The summed E-state index contributed by atoms with van der Waals surface area (Å²) < 4.78 is 32.1. The smallest absolute Gasteiger partial charge is 0.263 e. The Balaban J connectivity index is 1.24. The van der Waals surface area contributed by atoms with E-state index in [9.17, 15) is 8.78 Å². The summed E-state index contributed by atoms with van der Waals surface area (Å²) in [4.78, 5) is 7.26. The molecule has 0 spiro atoms. The number of rotatable bonds is 5. The van der Waals surface area contributed by atoms with E-state index in [2.05, 4.69) is 25.8 Å². The highest BCUT2D eigenvalue weighted by molar-refractivity contribution is 7.10. The molecule has 1 aliphatic carbocycles. The van der Waals surface area contributed by atoms with Gasteiger partial charge in [0.05, 0.1) is 5.69 Å². The number of hydrogen-bond donors (Lipinski definition) is 1. The van der Waals surface area contributed by atoms with E-state index in [1.807, 2.05) is 25.3 Å². The monoisotopic (exact) mass is 466 g/mol. The van der Waals surface area contributed by atoms with Gasteiger partial charge in [0.2, 0.25) is 5.95 Å². The molecule has 0 amide bonds. The molecule has 1 unspecified atom stereocenters. The molecule has 6 rings (SSSR count). The minimum Gasteiger partial charge on any atom is -0.361 e. The Labute approximate surface area is 194 Å². The normalized spacial score (nSPS) is 22.4. The van der Waals surface area contributed by atoms with E-state index in [4.69, 9.17) is 4.98 Å². The van der Waals surface area contributed by atoms with Gasteiger partial charge < -0.3 is 10.2 Å². The van der Waals surface area contributed by atoms with Crippen molar-refractivity contribution in [2.24, 2.45) is 11.8 Å². The molecule has 170 valence electrons. The van der Waals surface area contributed by atoms with Gasteiger partial charge in [0.15, 0.2) is 5.65 Å². The molecule has 1 aliphatic heterocycles. The van der Waals surface area contributed by atoms with Crippen LogP contribution in [0.3, 0.4) is 0 Å². The largest absolute Gasteiger partial charge is 0.361 e. The number of aromatic nitrogens is 4. The first-order chi connectivity index (χ1) is 16.0. The summed E-state index contributed by atoms with van der Waals surface area (Å²) in [6.45, 7) is 4.08. The Morgan fingerprint density at radius 1 is 1.09 bits per heavy atom. The highest BCUT2D eigenvalue weighted by Gasteiger charge is 2.43. The van der Waals surface area contributed by atoms with Crippen LogP contribution in [0.4, 0.5) is 19.7 Å². The van der Waals surface area contributed by atoms with E-state index >= 15 is 0 Å². The van der Waals surface area contributed by atoms with E-state index in [0.717, 1.165) is 35.6 Å². The second-order valence-corrected chi connectivity index (χ2v) is 9.81. The highest BCUT2D eigenvalue weighted by Crippen LogP contribution is 2.41. The van der Waals surface area contributed by atoms with Gasteiger partial charge in [-0.1, -0.05) is 24.3 Å². The SMILES string of the molecule is Cc1cc(N2C[C@H]3CC[C@@H](C2)C3Nc2nc3c(-c4ccc(C(F)F)cc4)cccn3n2)sn1. The molecule has 3 atom stereocenters. The number of hydrogen-bond acceptors (Lipinski definition) is 6. The van der Waals surface area contributed by atoms with Gasteiger partial charge in [-0.3, -0.25) is 0 Å². The molecule has 0 radical (unpaired) electrons. The molecule has 4 heterocycles. The lowest BCUT2D eigenvalue weighted by Gasteiger charge is -2.38. The fourth-order valence-electron chi connectivity index (χ4n) is 5.29. The van der Waals surface area contributed by atoms with E-state index in [1.165, 1.54) is 30.0 Å². The number of anilines is 2. The molecule has 2 aliphatic rings. The van der Waals surface area contributed by atoms with E-state index in [0.29, 0.717) is 23.8 Å². The van der Waals surface area contributed by atoms with Gasteiger partial charge in [-0.25, -0.2) is 13.3 Å². The molecule has 4 aromatic rings. The summed E-state index contributed by atoms with van der Waals surface area (Å²) in [5, 5.41) is 9.56. The minimum atomic E-state index is -2.47. The fourth-order valence-corrected chi connectivity index (χ4v) is 6.07. The predicted octanol–water partition coefficient (Wildman–Crippen LogP) is 5.43. The molecule has 1 saturated carbocycles. The first kappa shape index (κ1) is 20.5. The van der Waals surface area contributed by atoms with Crippen LogP contribution in [0.25, 0.3) is 16.8 Å². The Bertz CT molecular complexity index is 1270. The molecule has 1 N–H and O–H groups in total. The lowest BCUT2D eigenvalue weighted by molar-refractivity contribution is 0.151. The number of pyridine rings is 1. The fraction of sp³-hybridized carbons (Fsp3) is 0.375. The van der Waals surface area contributed by atoms with Crippen molar-refractivity contribution in [3.8, 4) is 11.1 Å². The molecule has 1 aromatic carbocycles. The zero-order valence-electron chi connectivity index (χ0n) is 18.2. The first-order valence-corrected chi connectivity index (χ1v) is 12.0. The van der Waals surface area contributed by atoms with Crippen LogP contribution in [0.2, 0.25) is 0 Å². The van der Waals surface area contributed by atoms with Gasteiger partial charge in [-0.2, -0.15) is 9.36 Å². The van der Waals surface area contributed by atoms with E-state index < -0.39 is 6.43 Å². The van der Waals surface area contributed by atoms with Gasteiger partial charge in [-0.15, -0.1) is 5.10 Å². The predicted molar refractivity (Wildman–Crippen MR) is 126 cm³/mol. The number of alkyl halides is 2. The van der Waals surface area contributed by atoms with Crippen LogP contribution in [0.15, 0.2) is 48.7 Å². The molecular formula is C24H24F2N6S. The van der Waals surface area contributed by atoms with Gasteiger partial charge in [-0.05, 0) is 66.9 Å². The summed E-state index contributed by atoms with van der Waals surface area (Å²) >= 11 is 1.58. The highest BCUT2D eigenvalue weighted by atomic mass is 32.1. The Kier molecular flexibility index (Phi) is 5.01. The average Bonchev–Trinajstić information content (AvgIpc) is 3.49. The molecule has 33 heavy (non-hydrogen) atoms. The summed E-state index contributed by atoms with van der Waals surface area (Å²) in [7, 11) is 0. The van der Waals surface area contributed by atoms with Gasteiger partial charge >= 0.3 is 0 Å². The third-order valence-electron chi connectivity index (χ3n) is 6.89. The molecule has 6 nitrogen and oxygen atoms in total. The third kappa shape index (κ3) is 3.74. The zero-order valence-corrected chi connectivity index (χ0v) is 19.0. The van der Waals surface area contributed by atoms with Crippen molar-refractivity contribution in [1.29, 1.82) is 0 Å². The number of nitrogens with zero attached hydrogens (tertiary/aromatic N) is 5. The zero-order chi connectivity index (χ0) is 22.5. The molecule has 9 heteroatoms. The van der Waals surface area contributed by atoms with Gasteiger partial charge in [0, 0.05) is 36.5 Å². The van der Waals surface area contributed by atoms with Crippen LogP contribution in [0.5, 0.6) is 0 Å². The number of fused-ring (bicyclic) bond motifs is 3. The maximum Gasteiger partial charge on any atom is 0.263 e. The van der Waals surface area contributed by atoms with Crippen molar-refractivity contribution in [2.45, 2.75) is 32.2 Å². The standard InChI is InChI=1S/C24H24F2N6S/c1-14-11-20(33-30-14)31-12-17-8-9-18(13-31)21(17)27-24-28-23-19(3-2-10-32(23)29-24)15-4-6-16(7-5-15)22(25)26/h2-7,10-11,17-18,21-22H,8-9,12-13H2,1H3,(H,27,29)/t17-,18+,21?. The summed E-state index contributed by atoms with van der Waals surface area (Å²) in [5.74, 6) is 1.70. The minimum absolute atomic E-state index is 0.0184. The second kappa shape index (κ2) is 8.06. The lowest BCUT2D eigenvalue weighted by Crippen LogP contribution is -2.48. The maximum atomic E-state index is 12.9. The van der Waals surface area contributed by atoms with Crippen molar-refractivity contribution in [2.75, 3.05) is 23.3 Å². The number of halogens is 2. The van der Waals surface area contributed by atoms with Crippen LogP contribution >= 0.6 is 11.5 Å². The molecule has 2 fully saturated rings. The number of aryl methyl sites for hydroxylation is 1. The first-order valence-electron chi connectivity index (χ1n) is 11.2. The van der Waals surface area contributed by atoms with Crippen LogP contribution < -0.4 is 10.2 Å². The van der Waals surface area contributed by atoms with Crippen molar-refractivity contribution in [1.82, 2.24) is 19.0 Å². The average molecular weight is 467 g/mol. The summed E-state index contributed by atoms with van der Waals surface area (Å²) in [5.41, 5.74) is 3.53. The summed E-state index contributed by atoms with van der Waals surface area (Å²) in [6, 6.07) is 12.7. The molecule has 2 bridgehead atoms. The lowest BCUT2D eigenvalue weighted by atomic mass is 9.92. The van der Waals surface area contributed by atoms with E-state index in [-0.39, 0.29) is 5.56 Å². The molecule has 1 saturated heterocycles. The number of benzene rings is 1. The summed E-state index contributed by atoms with van der Waals surface area (Å²) in [6.07, 6.45) is 1.80. The van der Waals surface area contributed by atoms with Crippen molar-refractivity contribution in [3.05, 3.63) is 59.9 Å². The second-order valence-electron chi connectivity index (χ2n) is 9.03. The quantitative estimate of drug-likeness (QED) is 0.425. The maximum absolute atomic E-state index is 12.9. The Morgan fingerprint density at radius 3 is 2.52 bits per heavy atom. The van der Waals surface area contributed by atoms with Crippen molar-refractivity contribution < 1.29 is 8.78 Å². The van der Waals surface area contributed by atoms with Crippen LogP contribution in [0, 0.1) is 18.8 Å². The number of piperidine rings is 1. The van der Waals surface area contributed by atoms with E-state index in [1.54, 1.807) is 28.2 Å². The van der Waals surface area contributed by atoms with Crippen LogP contribution in [0.1, 0.15) is 30.5 Å². The van der Waals surface area contributed by atoms with Gasteiger partial charge in [0.25, 0.3) is 6.43 Å². The Hall–Kier alpha value is -3.07. The third-order valence-corrected chi connectivity index (χ3v) is 7.84. The van der Waals surface area contributed by atoms with Gasteiger partial charge in [0.1, 0.15) is 5.00 Å². The molecular weight excluding hydrogens is 442 g/mol. The van der Waals surface area contributed by atoms with Crippen LogP contribution in [-0.2, 0) is 0 Å². The molecule has 3 aromatic heterocycles. The number of nitrogens with one attached hydrogen (secondary N) is 1. The van der Waals surface area contributed by atoms with Crippen LogP contribution in [-0.4, -0.2) is 38.1 Å². The Morgan fingerprint density at radius 2 is 1.85 bits per heavy atom. The topological polar surface area (TPSA) is 58.4 Å².